The summed E-state index contributed by atoms with van der Waals surface area (Å²) in [7, 11) is -2.05. The van der Waals surface area contributed by atoms with E-state index in [0.29, 0.717) is 16.4 Å². The van der Waals surface area contributed by atoms with Crippen molar-refractivity contribution in [3.05, 3.63) is 36.1 Å². The number of ether oxygens (including phenoxy) is 2. The molecule has 29 heavy (non-hydrogen) atoms. The van der Waals surface area contributed by atoms with Gasteiger partial charge in [0.05, 0.1) is 17.9 Å². The van der Waals surface area contributed by atoms with Gasteiger partial charge >= 0.3 is 6.09 Å². The van der Waals surface area contributed by atoms with Gasteiger partial charge in [-0.3, -0.25) is 0 Å². The summed E-state index contributed by atoms with van der Waals surface area (Å²) in [6.45, 7) is 10.3. The van der Waals surface area contributed by atoms with Gasteiger partial charge in [-0.25, -0.2) is 9.18 Å². The zero-order valence-electron chi connectivity index (χ0n) is 17.1. The third-order valence-corrected chi connectivity index (χ3v) is 9.05. The number of hydrogen-bond donors (Lipinski definition) is 0. The molecule has 0 saturated carbocycles. The molecule has 156 valence electrons. The smallest absolute Gasteiger partial charge is 0.435 e. The number of para-hydroxylation sites is 1. The first-order valence-electron chi connectivity index (χ1n) is 9.35. The van der Waals surface area contributed by atoms with Crippen LogP contribution >= 0.6 is 35.7 Å². The van der Waals surface area contributed by atoms with Crippen LogP contribution in [0.4, 0.5) is 9.18 Å². The Bertz CT molecular complexity index is 915. The molecule has 0 bridgehead atoms. The average molecular weight is 470 g/mol. The van der Waals surface area contributed by atoms with Crippen molar-refractivity contribution >= 4 is 55.0 Å². The first kappa shape index (κ1) is 22.4. The topological polar surface area (TPSA) is 38.8 Å². The molecule has 0 fully saturated rings. The summed E-state index contributed by atoms with van der Waals surface area (Å²) in [6.07, 6.45) is -0.508. The average Bonchev–Trinajstić information content (AvgIpc) is 2.65. The molecular formula is C20H24FNO3S3Si. The van der Waals surface area contributed by atoms with Crippen LogP contribution in [-0.2, 0) is 0 Å². The Balaban J connectivity index is 2.05. The molecule has 3 rings (SSSR count). The van der Waals surface area contributed by atoms with Crippen LogP contribution in [0.5, 0.6) is 17.2 Å². The first-order valence-corrected chi connectivity index (χ1v) is 15.6. The number of carbonyl (C=O) groups excluding carboxylic acids is 1. The van der Waals surface area contributed by atoms with E-state index in [4.69, 9.17) is 9.47 Å². The maximum atomic E-state index is 15.0. The van der Waals surface area contributed by atoms with E-state index in [2.05, 4.69) is 19.6 Å². The van der Waals surface area contributed by atoms with E-state index >= 15 is 4.39 Å². The van der Waals surface area contributed by atoms with Crippen LogP contribution in [0.25, 0.3) is 0 Å². The molecule has 0 aliphatic carbocycles. The minimum Gasteiger partial charge on any atom is -0.455 e. The summed E-state index contributed by atoms with van der Waals surface area (Å²) in [5.41, 5.74) is 0. The maximum absolute atomic E-state index is 15.0. The van der Waals surface area contributed by atoms with Gasteiger partial charge in [0.25, 0.3) is 0 Å². The molecule has 0 atom stereocenters. The summed E-state index contributed by atoms with van der Waals surface area (Å²) < 4.78 is 28.4. The number of hydrogen-bond acceptors (Lipinski definition) is 6. The number of nitrogens with zero attached hydrogens (tertiary/aromatic N) is 1. The van der Waals surface area contributed by atoms with Crippen LogP contribution < -0.4 is 14.7 Å². The highest BCUT2D eigenvalue weighted by Crippen LogP contribution is 2.49. The molecular weight excluding hydrogens is 446 g/mol. The molecule has 0 saturated heterocycles. The van der Waals surface area contributed by atoms with Crippen molar-refractivity contribution < 1.29 is 18.7 Å². The Labute approximate surface area is 185 Å². The monoisotopic (exact) mass is 469 g/mol. The van der Waals surface area contributed by atoms with Gasteiger partial charge in [0.1, 0.15) is 23.1 Å². The lowest BCUT2D eigenvalue weighted by Crippen LogP contribution is -2.41. The summed E-state index contributed by atoms with van der Waals surface area (Å²) in [5.74, 6) is 2.45. The van der Waals surface area contributed by atoms with E-state index in [1.807, 2.05) is 38.1 Å². The van der Waals surface area contributed by atoms with Gasteiger partial charge in [-0.05, 0) is 36.0 Å². The molecule has 1 heterocycles. The molecule has 0 N–H and O–H groups in total. The van der Waals surface area contributed by atoms with Crippen molar-refractivity contribution in [1.29, 1.82) is 0 Å². The summed E-state index contributed by atoms with van der Waals surface area (Å²) in [6, 6.07) is 8.90. The quantitative estimate of drug-likeness (QED) is 0.293. The van der Waals surface area contributed by atoms with Crippen LogP contribution in [0.15, 0.2) is 40.1 Å². The third kappa shape index (κ3) is 4.90. The first-order chi connectivity index (χ1) is 13.8. The van der Waals surface area contributed by atoms with Gasteiger partial charge in [0.2, 0.25) is 0 Å². The van der Waals surface area contributed by atoms with E-state index in [1.54, 1.807) is 0 Å². The lowest BCUT2D eigenvalue weighted by molar-refractivity contribution is 0.197. The summed E-state index contributed by atoms with van der Waals surface area (Å²) >= 11 is 4.09. The van der Waals surface area contributed by atoms with Gasteiger partial charge in [0.15, 0.2) is 0 Å². The molecule has 2 aromatic carbocycles. The fourth-order valence-electron chi connectivity index (χ4n) is 2.92. The van der Waals surface area contributed by atoms with Crippen molar-refractivity contribution in [2.45, 2.75) is 43.3 Å². The van der Waals surface area contributed by atoms with Gasteiger partial charge in [-0.15, -0.1) is 0 Å². The Morgan fingerprint density at radius 1 is 1.21 bits per heavy atom. The van der Waals surface area contributed by atoms with E-state index in [-0.39, 0.29) is 5.75 Å². The van der Waals surface area contributed by atoms with Gasteiger partial charge in [-0.2, -0.15) is 3.71 Å². The molecule has 1 aliphatic heterocycles. The zero-order valence-corrected chi connectivity index (χ0v) is 20.5. The van der Waals surface area contributed by atoms with Crippen molar-refractivity contribution in [1.82, 2.24) is 3.71 Å². The Hall–Kier alpha value is -1.29. The van der Waals surface area contributed by atoms with Crippen molar-refractivity contribution in [2.75, 3.05) is 11.5 Å². The Morgan fingerprint density at radius 2 is 1.86 bits per heavy atom. The highest BCUT2D eigenvalue weighted by molar-refractivity contribution is 8.12. The number of amides is 1. The van der Waals surface area contributed by atoms with Gasteiger partial charge in [0, 0.05) is 22.8 Å². The fourth-order valence-corrected chi connectivity index (χ4v) is 7.38. The molecule has 4 nitrogen and oxygen atoms in total. The lowest BCUT2D eigenvalue weighted by Gasteiger charge is -2.29. The fraction of sp³-hybridized carbons (Fsp3) is 0.350. The SMILES string of the molecule is CCSN(SCC)C(=O)Oc1cc(F)c2c(c1[Si](C)(C)C)Oc1ccccc1S2. The number of benzene rings is 2. The van der Waals surface area contributed by atoms with Crippen molar-refractivity contribution in [3.63, 3.8) is 0 Å². The number of halogens is 1. The third-order valence-electron chi connectivity index (χ3n) is 4.02. The van der Waals surface area contributed by atoms with Gasteiger partial charge < -0.3 is 9.47 Å². The Kier molecular flexibility index (Phi) is 7.13. The number of carbonyl (C=O) groups is 1. The van der Waals surface area contributed by atoms with Gasteiger partial charge in [-0.1, -0.05) is 57.4 Å². The van der Waals surface area contributed by atoms with E-state index in [9.17, 15) is 4.79 Å². The van der Waals surface area contributed by atoms with E-state index in [0.717, 1.165) is 21.6 Å². The molecule has 0 unspecified atom stereocenters. The van der Waals surface area contributed by atoms with Crippen LogP contribution in [0.3, 0.4) is 0 Å². The highest BCUT2D eigenvalue weighted by Gasteiger charge is 2.35. The van der Waals surface area contributed by atoms with Crippen LogP contribution in [-0.4, -0.2) is 29.4 Å². The van der Waals surface area contributed by atoms with Crippen LogP contribution in [0.1, 0.15) is 13.8 Å². The molecule has 0 spiro atoms. The molecule has 1 amide bonds. The second-order valence-corrected chi connectivity index (χ2v) is 15.9. The number of fused-ring (bicyclic) bond motifs is 2. The zero-order chi connectivity index (χ0) is 21.2. The van der Waals surface area contributed by atoms with Crippen LogP contribution in [0.2, 0.25) is 19.6 Å². The Morgan fingerprint density at radius 3 is 2.48 bits per heavy atom. The maximum Gasteiger partial charge on any atom is 0.435 e. The van der Waals surface area contributed by atoms with E-state index < -0.39 is 20.0 Å². The predicted octanol–water partition coefficient (Wildman–Crippen LogP) is 6.76. The van der Waals surface area contributed by atoms with E-state index in [1.165, 1.54) is 45.4 Å². The molecule has 1 aliphatic rings. The van der Waals surface area contributed by atoms with Crippen molar-refractivity contribution in [2.24, 2.45) is 0 Å². The largest absolute Gasteiger partial charge is 0.455 e. The molecule has 0 aromatic heterocycles. The standard InChI is InChI=1S/C20H24FNO3S3Si/c1-6-26-22(27-7-2)20(23)25-15-12-13(21)18-17(19(15)29(3,4)5)24-14-10-8-9-11-16(14)28-18/h8-12H,6-7H2,1-5H3. The summed E-state index contributed by atoms with van der Waals surface area (Å²) in [4.78, 5) is 14.1. The van der Waals surface area contributed by atoms with Crippen LogP contribution in [0, 0.1) is 5.82 Å². The predicted molar refractivity (Wildman–Crippen MR) is 124 cm³/mol. The summed E-state index contributed by atoms with van der Waals surface area (Å²) in [5, 5.41) is 0.812. The normalized spacial score (nSPS) is 12.6. The van der Waals surface area contributed by atoms with Crippen molar-refractivity contribution in [3.8, 4) is 17.2 Å². The highest BCUT2D eigenvalue weighted by atomic mass is 32.2. The molecule has 2 aromatic rings. The second-order valence-electron chi connectivity index (χ2n) is 7.25. The molecule has 9 heteroatoms. The minimum atomic E-state index is -2.05. The minimum absolute atomic E-state index is 0.254. The number of rotatable bonds is 6. The lowest BCUT2D eigenvalue weighted by atomic mass is 10.3. The second kappa shape index (κ2) is 9.24. The molecule has 0 radical (unpaired) electrons.